The van der Waals surface area contributed by atoms with Crippen molar-refractivity contribution in [1.82, 2.24) is 0 Å². The van der Waals surface area contributed by atoms with Gasteiger partial charge in [-0.25, -0.2) is 0 Å². The molecule has 0 aliphatic heterocycles. The van der Waals surface area contributed by atoms with E-state index < -0.39 is 0 Å². The SMILES string of the molecule is C=C(C)[N+](C)(C)C.[OH-]. The molecule has 0 heterocycles. The van der Waals surface area contributed by atoms with E-state index >= 15 is 0 Å². The first-order valence-electron chi connectivity index (χ1n) is 2.42. The van der Waals surface area contributed by atoms with Crippen LogP contribution in [0.2, 0.25) is 0 Å². The molecular weight excluding hydrogens is 102 g/mol. The Hall–Kier alpha value is -0.340. The molecule has 0 radical (unpaired) electrons. The van der Waals surface area contributed by atoms with Crippen LogP contribution in [0.25, 0.3) is 0 Å². The Morgan fingerprint density at radius 1 is 1.25 bits per heavy atom. The smallest absolute Gasteiger partial charge is 0.0977 e. The standard InChI is InChI=1S/C6H14N.H2O/c1-6(2)7(3,4)5;/h1H2,2-5H3;1H2/q+1;/p-1. The molecule has 0 bridgehead atoms. The average Bonchev–Trinajstić information content (AvgIpc) is 1.31. The number of hydrogen-bond acceptors (Lipinski definition) is 1. The minimum atomic E-state index is 0. The van der Waals surface area contributed by atoms with Crippen molar-refractivity contribution in [2.75, 3.05) is 21.1 Å². The van der Waals surface area contributed by atoms with Gasteiger partial charge in [-0.15, -0.1) is 0 Å². The molecule has 0 atom stereocenters. The molecule has 0 saturated carbocycles. The zero-order chi connectivity index (χ0) is 6.08. The Bertz CT molecular complexity index is 81.0. The third-order valence-corrected chi connectivity index (χ3v) is 1.15. The highest BCUT2D eigenvalue weighted by Gasteiger charge is 2.05. The van der Waals surface area contributed by atoms with Gasteiger partial charge in [0, 0.05) is 6.92 Å². The molecule has 0 aliphatic rings. The molecule has 0 aromatic rings. The highest BCUT2D eigenvalue weighted by molar-refractivity contribution is 4.72. The predicted molar refractivity (Wildman–Crippen MR) is 34.8 cm³/mol. The molecule has 0 aromatic heterocycles. The average molecular weight is 117 g/mol. The van der Waals surface area contributed by atoms with Crippen LogP contribution >= 0.6 is 0 Å². The normalized spacial score (nSPS) is 10.0. The quantitative estimate of drug-likeness (QED) is 0.472. The Balaban J connectivity index is 0. The maximum absolute atomic E-state index is 3.80. The molecule has 0 aromatic carbocycles. The summed E-state index contributed by atoms with van der Waals surface area (Å²) in [5.74, 6) is 0. The first-order valence-corrected chi connectivity index (χ1v) is 2.42. The van der Waals surface area contributed by atoms with Crippen LogP contribution in [-0.4, -0.2) is 31.1 Å². The van der Waals surface area contributed by atoms with E-state index in [-0.39, 0.29) is 5.48 Å². The second-order valence-electron chi connectivity index (χ2n) is 2.75. The molecule has 0 saturated heterocycles. The fourth-order valence-corrected chi connectivity index (χ4v) is 0. The molecule has 0 amide bonds. The van der Waals surface area contributed by atoms with Crippen molar-refractivity contribution in [3.05, 3.63) is 12.3 Å². The summed E-state index contributed by atoms with van der Waals surface area (Å²) in [7, 11) is 6.30. The molecule has 0 fully saturated rings. The second kappa shape index (κ2) is 2.84. The van der Waals surface area contributed by atoms with Crippen molar-refractivity contribution in [3.63, 3.8) is 0 Å². The predicted octanol–water partition coefficient (Wildman–Crippen LogP) is 1.05. The molecule has 0 aliphatic carbocycles. The summed E-state index contributed by atoms with van der Waals surface area (Å²) in [4.78, 5) is 0. The number of allylic oxidation sites excluding steroid dienone is 1. The second-order valence-corrected chi connectivity index (χ2v) is 2.75. The number of hydrogen-bond donors (Lipinski definition) is 0. The molecule has 0 spiro atoms. The fourth-order valence-electron chi connectivity index (χ4n) is 0. The van der Waals surface area contributed by atoms with Crippen LogP contribution in [0, 0.1) is 0 Å². The monoisotopic (exact) mass is 117 g/mol. The zero-order valence-corrected chi connectivity index (χ0v) is 6.10. The molecule has 8 heavy (non-hydrogen) atoms. The van der Waals surface area contributed by atoms with Gasteiger partial charge in [-0.1, -0.05) is 0 Å². The van der Waals surface area contributed by atoms with E-state index in [2.05, 4.69) is 27.7 Å². The third-order valence-electron chi connectivity index (χ3n) is 1.15. The fraction of sp³-hybridized carbons (Fsp3) is 0.667. The van der Waals surface area contributed by atoms with Crippen molar-refractivity contribution >= 4 is 0 Å². The van der Waals surface area contributed by atoms with Crippen molar-refractivity contribution in [2.45, 2.75) is 6.92 Å². The third kappa shape index (κ3) is 3.84. The van der Waals surface area contributed by atoms with E-state index in [1.54, 1.807) is 0 Å². The molecule has 0 unspecified atom stereocenters. The Labute approximate surface area is 51.3 Å². The number of nitrogens with zero attached hydrogens (tertiary/aromatic N) is 1. The summed E-state index contributed by atoms with van der Waals surface area (Å²) in [6, 6.07) is 0. The number of rotatable bonds is 1. The van der Waals surface area contributed by atoms with Gasteiger partial charge in [0.25, 0.3) is 0 Å². The Morgan fingerprint density at radius 3 is 1.38 bits per heavy atom. The van der Waals surface area contributed by atoms with E-state index in [4.69, 9.17) is 0 Å². The van der Waals surface area contributed by atoms with E-state index in [1.807, 2.05) is 6.92 Å². The first kappa shape index (κ1) is 10.6. The van der Waals surface area contributed by atoms with E-state index in [1.165, 1.54) is 5.70 Å². The minimum Gasteiger partial charge on any atom is -0.870 e. The van der Waals surface area contributed by atoms with Gasteiger partial charge in [-0.2, -0.15) is 0 Å². The van der Waals surface area contributed by atoms with Gasteiger partial charge in [0.2, 0.25) is 0 Å². The van der Waals surface area contributed by atoms with E-state index in [9.17, 15) is 0 Å². The van der Waals surface area contributed by atoms with Crippen LogP contribution in [0.1, 0.15) is 6.92 Å². The van der Waals surface area contributed by atoms with Crippen LogP contribution in [0.5, 0.6) is 0 Å². The Morgan fingerprint density at radius 2 is 1.38 bits per heavy atom. The van der Waals surface area contributed by atoms with Gasteiger partial charge >= 0.3 is 0 Å². The highest BCUT2D eigenvalue weighted by Crippen LogP contribution is 2.00. The maximum atomic E-state index is 3.80. The Kier molecular flexibility index (Phi) is 3.77. The minimum absolute atomic E-state index is 0. The summed E-state index contributed by atoms with van der Waals surface area (Å²) >= 11 is 0. The van der Waals surface area contributed by atoms with Crippen molar-refractivity contribution in [3.8, 4) is 0 Å². The molecule has 2 heteroatoms. The summed E-state index contributed by atoms with van der Waals surface area (Å²) in [5.41, 5.74) is 1.18. The lowest BCUT2D eigenvalue weighted by Crippen LogP contribution is -2.31. The lowest BCUT2D eigenvalue weighted by molar-refractivity contribution is -0.830. The number of quaternary nitrogens is 1. The summed E-state index contributed by atoms with van der Waals surface area (Å²) < 4.78 is 0.861. The summed E-state index contributed by atoms with van der Waals surface area (Å²) in [6.45, 7) is 5.83. The van der Waals surface area contributed by atoms with Gasteiger partial charge in [0.05, 0.1) is 26.8 Å². The maximum Gasteiger partial charge on any atom is 0.0977 e. The van der Waals surface area contributed by atoms with Crippen LogP contribution in [0.15, 0.2) is 12.3 Å². The summed E-state index contributed by atoms with van der Waals surface area (Å²) in [6.07, 6.45) is 0. The lowest BCUT2D eigenvalue weighted by Gasteiger charge is -2.22. The van der Waals surface area contributed by atoms with Crippen molar-refractivity contribution < 1.29 is 9.96 Å². The van der Waals surface area contributed by atoms with Gasteiger partial charge in [0.15, 0.2) is 0 Å². The van der Waals surface area contributed by atoms with Crippen molar-refractivity contribution in [1.29, 1.82) is 0 Å². The zero-order valence-electron chi connectivity index (χ0n) is 6.10. The first-order chi connectivity index (χ1) is 2.94. The van der Waals surface area contributed by atoms with Gasteiger partial charge < -0.3 is 9.96 Å². The summed E-state index contributed by atoms with van der Waals surface area (Å²) in [5, 5.41) is 0. The topological polar surface area (TPSA) is 30.0 Å². The molecule has 1 N–H and O–H groups in total. The van der Waals surface area contributed by atoms with Gasteiger partial charge in [-0.3, -0.25) is 0 Å². The molecular formula is C6H15NO. The molecule has 2 nitrogen and oxygen atoms in total. The van der Waals surface area contributed by atoms with Gasteiger partial charge in [0.1, 0.15) is 0 Å². The largest absolute Gasteiger partial charge is 0.870 e. The van der Waals surface area contributed by atoms with Crippen LogP contribution in [-0.2, 0) is 0 Å². The molecule has 0 rings (SSSR count). The van der Waals surface area contributed by atoms with E-state index in [0.717, 1.165) is 4.48 Å². The van der Waals surface area contributed by atoms with Gasteiger partial charge in [-0.05, 0) is 6.58 Å². The lowest BCUT2D eigenvalue weighted by atomic mass is 10.4. The highest BCUT2D eigenvalue weighted by atomic mass is 16.0. The van der Waals surface area contributed by atoms with Crippen LogP contribution in [0.4, 0.5) is 0 Å². The van der Waals surface area contributed by atoms with Crippen molar-refractivity contribution in [2.24, 2.45) is 0 Å². The van der Waals surface area contributed by atoms with Crippen LogP contribution < -0.4 is 0 Å². The molecule has 50 valence electrons. The van der Waals surface area contributed by atoms with E-state index in [0.29, 0.717) is 0 Å². The van der Waals surface area contributed by atoms with Crippen LogP contribution in [0.3, 0.4) is 0 Å².